The van der Waals surface area contributed by atoms with E-state index in [2.05, 4.69) is 10.3 Å². The number of rotatable bonds is 10. The average Bonchev–Trinajstić information content (AvgIpc) is 3.56. The van der Waals surface area contributed by atoms with Crippen LogP contribution in [0.3, 0.4) is 0 Å². The van der Waals surface area contributed by atoms with E-state index in [0.29, 0.717) is 28.1 Å². The van der Waals surface area contributed by atoms with Gasteiger partial charge in [-0.2, -0.15) is 0 Å². The number of fused-ring (bicyclic) bond motifs is 2. The Kier molecular flexibility index (Phi) is 7.06. The molecule has 1 fully saturated rings. The molecule has 10 heteroatoms. The molecule has 2 atom stereocenters. The number of aromatic nitrogens is 3. The van der Waals surface area contributed by atoms with E-state index in [1.165, 1.54) is 11.3 Å². The number of nitrogens with zero attached hydrogens (tertiary/aromatic N) is 3. The van der Waals surface area contributed by atoms with E-state index in [-0.39, 0.29) is 36.8 Å². The van der Waals surface area contributed by atoms with Crippen LogP contribution in [0.1, 0.15) is 35.4 Å². The van der Waals surface area contributed by atoms with Gasteiger partial charge in [-0.25, -0.2) is 4.68 Å². The molecule has 186 valence electrons. The molecule has 1 aliphatic rings. The number of thiophene rings is 1. The molecule has 3 heterocycles. The summed E-state index contributed by atoms with van der Waals surface area (Å²) in [4.78, 5) is 38.0. The van der Waals surface area contributed by atoms with Crippen molar-refractivity contribution in [2.45, 2.75) is 38.3 Å². The second-order valence-corrected chi connectivity index (χ2v) is 9.93. The number of Topliss-reactive ketones (excluding diaryl/α,β-unsaturated/α-hetero) is 1. The molecule has 1 N–H and O–H groups in total. The molecular weight excluding hydrogens is 482 g/mol. The number of carboxylic acids is 1. The zero-order valence-electron chi connectivity index (χ0n) is 19.5. The number of aryl methyl sites for hydroxylation is 1. The molecule has 36 heavy (non-hydrogen) atoms. The molecule has 0 aliphatic carbocycles. The molecule has 9 nitrogen and oxygen atoms in total. The molecular formula is C26H25N3O6S. The Morgan fingerprint density at radius 3 is 2.89 bits per heavy atom. The second-order valence-electron chi connectivity index (χ2n) is 8.84. The molecule has 1 saturated heterocycles. The van der Waals surface area contributed by atoms with Gasteiger partial charge in [0.25, 0.3) is 5.56 Å². The van der Waals surface area contributed by atoms with Gasteiger partial charge in [0.15, 0.2) is 5.78 Å². The number of benzene rings is 2. The van der Waals surface area contributed by atoms with Crippen LogP contribution in [-0.2, 0) is 16.1 Å². The molecule has 4 aromatic rings. The lowest BCUT2D eigenvalue weighted by molar-refractivity contribution is -0.142. The topological polar surface area (TPSA) is 121 Å². The Hall–Kier alpha value is -3.63. The van der Waals surface area contributed by atoms with Crippen molar-refractivity contribution in [1.29, 1.82) is 0 Å². The molecule has 0 spiro atoms. The fourth-order valence-corrected chi connectivity index (χ4v) is 5.33. The second kappa shape index (κ2) is 10.5. The van der Waals surface area contributed by atoms with Gasteiger partial charge in [0.05, 0.1) is 22.3 Å². The van der Waals surface area contributed by atoms with Gasteiger partial charge in [-0.05, 0) is 61.0 Å². The Labute approximate surface area is 210 Å². The normalized spacial score (nSPS) is 16.4. The number of aliphatic carboxylic acids is 1. The lowest BCUT2D eigenvalue weighted by Gasteiger charge is -2.11. The minimum Gasteiger partial charge on any atom is -0.491 e. The molecule has 2 aromatic heterocycles. The predicted molar refractivity (Wildman–Crippen MR) is 135 cm³/mol. The predicted octanol–water partition coefficient (Wildman–Crippen LogP) is 3.93. The molecule has 0 saturated carbocycles. The first-order chi connectivity index (χ1) is 17.5. The lowest BCUT2D eigenvalue weighted by Crippen LogP contribution is -2.27. The highest BCUT2D eigenvalue weighted by Gasteiger charge is 2.24. The molecule has 2 aromatic carbocycles. The molecule has 0 bridgehead atoms. The van der Waals surface area contributed by atoms with E-state index in [9.17, 15) is 19.5 Å². The van der Waals surface area contributed by atoms with Gasteiger partial charge >= 0.3 is 5.97 Å². The maximum Gasteiger partial charge on any atom is 0.307 e. The smallest absolute Gasteiger partial charge is 0.307 e. The van der Waals surface area contributed by atoms with Crippen LogP contribution in [0.15, 0.2) is 53.3 Å². The number of carbonyl (C=O) groups is 2. The van der Waals surface area contributed by atoms with E-state index < -0.39 is 11.9 Å². The molecule has 0 amide bonds. The average molecular weight is 508 g/mol. The lowest BCUT2D eigenvalue weighted by atomic mass is 9.98. The summed E-state index contributed by atoms with van der Waals surface area (Å²) in [7, 11) is 0. The van der Waals surface area contributed by atoms with Gasteiger partial charge in [0.2, 0.25) is 0 Å². The van der Waals surface area contributed by atoms with E-state index >= 15 is 0 Å². The summed E-state index contributed by atoms with van der Waals surface area (Å²) >= 11 is 1.32. The molecule has 1 aliphatic heterocycles. The highest BCUT2D eigenvalue weighted by molar-refractivity contribution is 7.20. The third kappa shape index (κ3) is 5.29. The van der Waals surface area contributed by atoms with Crippen molar-refractivity contribution in [1.82, 2.24) is 15.0 Å². The zero-order valence-corrected chi connectivity index (χ0v) is 20.3. The monoisotopic (exact) mass is 507 g/mol. The number of carboxylic acid groups (broad SMARTS) is 1. The van der Waals surface area contributed by atoms with Crippen LogP contribution in [0, 0.1) is 5.92 Å². The third-order valence-electron chi connectivity index (χ3n) is 6.33. The zero-order chi connectivity index (χ0) is 25.1. The van der Waals surface area contributed by atoms with Crippen LogP contribution >= 0.6 is 11.3 Å². The van der Waals surface area contributed by atoms with Crippen molar-refractivity contribution in [2.75, 3.05) is 13.2 Å². The van der Waals surface area contributed by atoms with Crippen molar-refractivity contribution in [3.63, 3.8) is 0 Å². The summed E-state index contributed by atoms with van der Waals surface area (Å²) < 4.78 is 13.5. The van der Waals surface area contributed by atoms with Gasteiger partial charge in [-0.1, -0.05) is 17.3 Å². The van der Waals surface area contributed by atoms with Gasteiger partial charge in [-0.15, -0.1) is 16.4 Å². The minimum atomic E-state index is -1.09. The van der Waals surface area contributed by atoms with Crippen molar-refractivity contribution in [3.05, 3.63) is 63.8 Å². The first-order valence-electron chi connectivity index (χ1n) is 11.8. The Balaban J connectivity index is 1.25. The SMILES string of the molecule is O=C(CC(CCn1nnc2ccccc2c1=O)C(=O)O)c1cc2ccc(OCC3CCCO3)cc2s1. The number of hydrogen-bond donors (Lipinski definition) is 1. The van der Waals surface area contributed by atoms with Crippen molar-refractivity contribution < 1.29 is 24.2 Å². The maximum absolute atomic E-state index is 13.0. The summed E-state index contributed by atoms with van der Waals surface area (Å²) in [6.07, 6.45) is 2.07. The van der Waals surface area contributed by atoms with E-state index in [1.54, 1.807) is 30.3 Å². The van der Waals surface area contributed by atoms with Gasteiger partial charge < -0.3 is 14.6 Å². The number of hydrogen-bond acceptors (Lipinski definition) is 8. The quantitative estimate of drug-likeness (QED) is 0.321. The van der Waals surface area contributed by atoms with Gasteiger partial charge in [0, 0.05) is 24.3 Å². The van der Waals surface area contributed by atoms with Crippen LogP contribution in [-0.4, -0.2) is 51.2 Å². The Morgan fingerprint density at radius 1 is 1.22 bits per heavy atom. The van der Waals surface area contributed by atoms with Crippen molar-refractivity contribution in [3.8, 4) is 5.75 Å². The van der Waals surface area contributed by atoms with E-state index in [4.69, 9.17) is 9.47 Å². The van der Waals surface area contributed by atoms with Crippen LogP contribution in [0.4, 0.5) is 0 Å². The third-order valence-corrected chi connectivity index (χ3v) is 7.46. The standard InChI is InChI=1S/C26H25N3O6S/c30-22(24-13-16-7-8-18(14-23(16)36-24)35-15-19-4-3-11-34-19)12-17(26(32)33)9-10-29-25(31)20-5-1-2-6-21(20)27-28-29/h1-2,5-8,13-14,17,19H,3-4,9-12,15H2,(H,32,33). The number of ketones is 1. The van der Waals surface area contributed by atoms with Crippen LogP contribution in [0.2, 0.25) is 0 Å². The summed E-state index contributed by atoms with van der Waals surface area (Å²) in [5.74, 6) is -1.57. The number of carbonyl (C=O) groups excluding carboxylic acids is 1. The summed E-state index contributed by atoms with van der Waals surface area (Å²) in [5, 5.41) is 19.0. The highest BCUT2D eigenvalue weighted by Crippen LogP contribution is 2.31. The maximum atomic E-state index is 13.0. The Bertz CT molecular complexity index is 1470. The van der Waals surface area contributed by atoms with Gasteiger partial charge in [0.1, 0.15) is 17.9 Å². The highest BCUT2D eigenvalue weighted by atomic mass is 32.1. The number of ether oxygens (including phenoxy) is 2. The molecule has 5 rings (SSSR count). The van der Waals surface area contributed by atoms with Gasteiger partial charge in [-0.3, -0.25) is 14.4 Å². The fraction of sp³-hybridized carbons (Fsp3) is 0.346. The van der Waals surface area contributed by atoms with Crippen LogP contribution in [0.25, 0.3) is 21.0 Å². The Morgan fingerprint density at radius 2 is 2.08 bits per heavy atom. The first kappa shape index (κ1) is 24.1. The minimum absolute atomic E-state index is 0.0543. The summed E-state index contributed by atoms with van der Waals surface area (Å²) in [6, 6.07) is 14.3. The van der Waals surface area contributed by atoms with Crippen molar-refractivity contribution in [2.24, 2.45) is 5.92 Å². The fourth-order valence-electron chi connectivity index (χ4n) is 4.29. The van der Waals surface area contributed by atoms with Crippen LogP contribution < -0.4 is 10.3 Å². The summed E-state index contributed by atoms with van der Waals surface area (Å²) in [6.45, 7) is 1.32. The first-order valence-corrected chi connectivity index (χ1v) is 12.7. The van der Waals surface area contributed by atoms with Crippen molar-refractivity contribution >= 4 is 44.1 Å². The van der Waals surface area contributed by atoms with E-state index in [1.807, 2.05) is 18.2 Å². The van der Waals surface area contributed by atoms with Crippen LogP contribution in [0.5, 0.6) is 5.75 Å². The largest absolute Gasteiger partial charge is 0.491 e. The molecule has 0 radical (unpaired) electrons. The molecule has 2 unspecified atom stereocenters. The summed E-state index contributed by atoms with van der Waals surface area (Å²) in [5.41, 5.74) is 0.145. The van der Waals surface area contributed by atoms with E-state index in [0.717, 1.165) is 34.2 Å².